The summed E-state index contributed by atoms with van der Waals surface area (Å²) in [5.74, 6) is 0.994. The van der Waals surface area contributed by atoms with Gasteiger partial charge in [0.1, 0.15) is 0 Å². The van der Waals surface area contributed by atoms with E-state index in [4.69, 9.17) is 5.10 Å². The van der Waals surface area contributed by atoms with Crippen molar-refractivity contribution in [2.75, 3.05) is 20.1 Å². The molecular formula is C26H41N5O. The van der Waals surface area contributed by atoms with E-state index in [-0.39, 0.29) is 16.7 Å². The minimum atomic E-state index is -0.0581. The van der Waals surface area contributed by atoms with E-state index in [1.165, 1.54) is 24.2 Å². The van der Waals surface area contributed by atoms with E-state index in [2.05, 4.69) is 75.4 Å². The summed E-state index contributed by atoms with van der Waals surface area (Å²) in [5.41, 5.74) is 4.53. The van der Waals surface area contributed by atoms with Crippen molar-refractivity contribution in [2.45, 2.75) is 96.9 Å². The van der Waals surface area contributed by atoms with Crippen LogP contribution in [0.4, 0.5) is 0 Å². The van der Waals surface area contributed by atoms with Crippen molar-refractivity contribution in [2.24, 2.45) is 5.92 Å². The average molecular weight is 440 g/mol. The highest BCUT2D eigenvalue weighted by molar-refractivity contribution is 5.76. The van der Waals surface area contributed by atoms with Crippen molar-refractivity contribution in [3.8, 4) is 0 Å². The van der Waals surface area contributed by atoms with Gasteiger partial charge in [-0.3, -0.25) is 9.48 Å². The number of likely N-dealkylation sites (tertiary alicyclic amines) is 1. The number of hydrogen-bond donors (Lipinski definition) is 0. The Kier molecular flexibility index (Phi) is 5.89. The van der Waals surface area contributed by atoms with Crippen LogP contribution in [0.25, 0.3) is 0 Å². The summed E-state index contributed by atoms with van der Waals surface area (Å²) in [6.07, 6.45) is 4.56. The van der Waals surface area contributed by atoms with Crippen LogP contribution < -0.4 is 0 Å². The molecule has 2 unspecified atom stereocenters. The predicted molar refractivity (Wildman–Crippen MR) is 128 cm³/mol. The average Bonchev–Trinajstić information content (AvgIpc) is 3.11. The molecule has 1 saturated carbocycles. The third kappa shape index (κ3) is 4.57. The highest BCUT2D eigenvalue weighted by Crippen LogP contribution is 2.53. The van der Waals surface area contributed by atoms with E-state index in [0.29, 0.717) is 17.9 Å². The number of aryl methyl sites for hydroxylation is 1. The molecule has 6 nitrogen and oxygen atoms in total. The first-order chi connectivity index (χ1) is 14.9. The molecule has 2 fully saturated rings. The molecule has 6 heteroatoms. The van der Waals surface area contributed by atoms with Gasteiger partial charge in [-0.25, -0.2) is 4.68 Å². The summed E-state index contributed by atoms with van der Waals surface area (Å²) in [7, 11) is 2.20. The van der Waals surface area contributed by atoms with Gasteiger partial charge in [-0.2, -0.15) is 10.2 Å². The van der Waals surface area contributed by atoms with Crippen LogP contribution in [0.1, 0.15) is 107 Å². The molecule has 0 amide bonds. The number of hydrogen-bond acceptors (Lipinski definition) is 4. The zero-order valence-corrected chi connectivity index (χ0v) is 21.3. The maximum absolute atomic E-state index is 12.2. The van der Waals surface area contributed by atoms with Crippen LogP contribution in [0, 0.1) is 12.8 Å². The minimum absolute atomic E-state index is 0.00732. The standard InChI is InChI=1S/C26H41N5O/c1-17-13-24(28-30(17)20-9-11-29(8)12-10-20)26(6,7)16-19-14-21(19)22-15-23(25(3,4)5)27-31(22)18(2)32/h13,15,19-21H,9-12,14,16H2,1-8H3. The van der Waals surface area contributed by atoms with Crippen molar-refractivity contribution in [3.63, 3.8) is 0 Å². The van der Waals surface area contributed by atoms with Gasteiger partial charge < -0.3 is 4.90 Å². The number of rotatable bonds is 5. The van der Waals surface area contributed by atoms with Crippen LogP contribution in [0.3, 0.4) is 0 Å². The maximum atomic E-state index is 12.2. The molecule has 0 aromatic carbocycles. The van der Waals surface area contributed by atoms with E-state index in [1.54, 1.807) is 11.6 Å². The molecule has 1 saturated heterocycles. The lowest BCUT2D eigenvalue weighted by Gasteiger charge is -2.30. The van der Waals surface area contributed by atoms with Gasteiger partial charge in [-0.05, 0) is 70.8 Å². The van der Waals surface area contributed by atoms with Crippen LogP contribution in [0.15, 0.2) is 12.1 Å². The van der Waals surface area contributed by atoms with Gasteiger partial charge in [-0.15, -0.1) is 0 Å². The van der Waals surface area contributed by atoms with Gasteiger partial charge in [0.2, 0.25) is 5.91 Å². The summed E-state index contributed by atoms with van der Waals surface area (Å²) < 4.78 is 3.94. The first-order valence-corrected chi connectivity index (χ1v) is 12.2. The molecule has 0 bridgehead atoms. The van der Waals surface area contributed by atoms with E-state index in [9.17, 15) is 4.79 Å². The highest BCUT2D eigenvalue weighted by atomic mass is 16.2. The Bertz CT molecular complexity index is 985. The van der Waals surface area contributed by atoms with Crippen molar-refractivity contribution in [3.05, 3.63) is 34.9 Å². The molecule has 0 spiro atoms. The third-order valence-corrected chi connectivity index (χ3v) is 7.53. The van der Waals surface area contributed by atoms with Crippen LogP contribution in [0.2, 0.25) is 0 Å². The SMILES string of the molecule is CC(=O)n1nc(C(C)(C)C)cc1C1CC1CC(C)(C)c1cc(C)n(C2CCN(C)CC2)n1. The van der Waals surface area contributed by atoms with E-state index >= 15 is 0 Å². The second-order valence-corrected chi connectivity index (χ2v) is 12.0. The number of piperidine rings is 1. The monoisotopic (exact) mass is 439 g/mol. The Balaban J connectivity index is 1.49. The smallest absolute Gasteiger partial charge is 0.243 e. The lowest BCUT2D eigenvalue weighted by Crippen LogP contribution is -2.32. The molecule has 1 aliphatic heterocycles. The Morgan fingerprint density at radius 1 is 1.06 bits per heavy atom. The Morgan fingerprint density at radius 2 is 1.72 bits per heavy atom. The van der Waals surface area contributed by atoms with Gasteiger partial charge in [-0.1, -0.05) is 34.6 Å². The van der Waals surface area contributed by atoms with Crippen LogP contribution in [0.5, 0.6) is 0 Å². The molecule has 0 radical (unpaired) electrons. The van der Waals surface area contributed by atoms with E-state index in [0.717, 1.165) is 37.3 Å². The fraction of sp³-hybridized carbons (Fsp3) is 0.731. The zero-order chi connectivity index (χ0) is 23.4. The quantitative estimate of drug-likeness (QED) is 0.652. The summed E-state index contributed by atoms with van der Waals surface area (Å²) in [5, 5.41) is 9.77. The Labute approximate surface area is 193 Å². The molecule has 1 aliphatic carbocycles. The van der Waals surface area contributed by atoms with Gasteiger partial charge in [0.15, 0.2) is 0 Å². The topological polar surface area (TPSA) is 56.0 Å². The maximum Gasteiger partial charge on any atom is 0.243 e. The second kappa shape index (κ2) is 8.12. The molecule has 0 N–H and O–H groups in total. The molecule has 32 heavy (non-hydrogen) atoms. The molecule has 2 aliphatic rings. The summed E-state index contributed by atoms with van der Waals surface area (Å²) in [4.78, 5) is 14.7. The largest absolute Gasteiger partial charge is 0.306 e. The van der Waals surface area contributed by atoms with Gasteiger partial charge >= 0.3 is 0 Å². The molecule has 4 rings (SSSR count). The van der Waals surface area contributed by atoms with Crippen LogP contribution >= 0.6 is 0 Å². The Hall–Kier alpha value is -1.95. The van der Waals surface area contributed by atoms with E-state index in [1.807, 2.05) is 0 Å². The summed E-state index contributed by atoms with van der Waals surface area (Å²) in [6.45, 7) is 17.2. The van der Waals surface area contributed by atoms with Gasteiger partial charge in [0, 0.05) is 29.4 Å². The van der Waals surface area contributed by atoms with Crippen molar-refractivity contribution in [1.29, 1.82) is 0 Å². The predicted octanol–water partition coefficient (Wildman–Crippen LogP) is 5.08. The van der Waals surface area contributed by atoms with E-state index < -0.39 is 0 Å². The van der Waals surface area contributed by atoms with Gasteiger partial charge in [0.05, 0.1) is 23.1 Å². The Morgan fingerprint density at radius 3 is 2.31 bits per heavy atom. The number of nitrogens with zero attached hydrogens (tertiary/aromatic N) is 5. The molecule has 3 heterocycles. The molecule has 2 atom stereocenters. The fourth-order valence-corrected chi connectivity index (χ4v) is 5.30. The fourth-order valence-electron chi connectivity index (χ4n) is 5.30. The molecule has 2 aromatic heterocycles. The van der Waals surface area contributed by atoms with Crippen LogP contribution in [-0.4, -0.2) is 50.5 Å². The number of carbonyl (C=O) groups is 1. The number of aromatic nitrogens is 4. The molecule has 2 aromatic rings. The molecular weight excluding hydrogens is 398 g/mol. The third-order valence-electron chi connectivity index (χ3n) is 7.53. The van der Waals surface area contributed by atoms with Crippen molar-refractivity contribution >= 4 is 5.91 Å². The summed E-state index contributed by atoms with van der Waals surface area (Å²) >= 11 is 0. The lowest BCUT2D eigenvalue weighted by atomic mass is 9.83. The van der Waals surface area contributed by atoms with Gasteiger partial charge in [0.25, 0.3) is 0 Å². The first-order valence-electron chi connectivity index (χ1n) is 12.2. The minimum Gasteiger partial charge on any atom is -0.306 e. The lowest BCUT2D eigenvalue weighted by molar-refractivity contribution is 0.0916. The number of carbonyl (C=O) groups excluding carboxylic acids is 1. The first kappa shape index (κ1) is 23.2. The second-order valence-electron chi connectivity index (χ2n) is 12.0. The zero-order valence-electron chi connectivity index (χ0n) is 21.3. The summed E-state index contributed by atoms with van der Waals surface area (Å²) in [6, 6.07) is 4.98. The van der Waals surface area contributed by atoms with Crippen molar-refractivity contribution < 1.29 is 4.79 Å². The highest BCUT2D eigenvalue weighted by Gasteiger charge is 2.45. The van der Waals surface area contributed by atoms with Crippen molar-refractivity contribution in [1.82, 2.24) is 24.5 Å². The van der Waals surface area contributed by atoms with Crippen LogP contribution in [-0.2, 0) is 10.8 Å². The normalized spacial score (nSPS) is 23.0. The molecule has 176 valence electrons.